The Hall–Kier alpha value is -2.97. The third-order valence-electron chi connectivity index (χ3n) is 5.33. The number of benzene rings is 3. The zero-order chi connectivity index (χ0) is 19.1. The second-order valence-electron chi connectivity index (χ2n) is 7.49. The Morgan fingerprint density at radius 3 is 2.43 bits per heavy atom. The molecule has 0 spiro atoms. The van der Waals surface area contributed by atoms with Gasteiger partial charge in [-0.2, -0.15) is 0 Å². The number of pyridine rings is 1. The standard InChI is InChI=1S/C26H21NS/c1-17(2)19-13-14-27-24(15-19)23-10-6-9-22-21-12-11-20(16-25(21)28-26(22)23)18-7-4-3-5-8-18/h3-17H,1-2H3. The Kier molecular flexibility index (Phi) is 4.22. The molecule has 0 aliphatic carbocycles. The summed E-state index contributed by atoms with van der Waals surface area (Å²) >= 11 is 1.87. The maximum absolute atomic E-state index is 4.68. The summed E-state index contributed by atoms with van der Waals surface area (Å²) in [4.78, 5) is 4.68. The highest BCUT2D eigenvalue weighted by Gasteiger charge is 2.13. The number of aromatic nitrogens is 1. The van der Waals surface area contributed by atoms with Crippen LogP contribution in [-0.4, -0.2) is 4.98 Å². The maximum atomic E-state index is 4.68. The summed E-state index contributed by atoms with van der Waals surface area (Å²) in [5.41, 5.74) is 6.14. The first-order valence-electron chi connectivity index (χ1n) is 9.68. The molecule has 2 heteroatoms. The normalized spacial score (nSPS) is 11.5. The molecule has 0 N–H and O–H groups in total. The van der Waals surface area contributed by atoms with Gasteiger partial charge in [0.25, 0.3) is 0 Å². The third kappa shape index (κ3) is 2.90. The van der Waals surface area contributed by atoms with Crippen LogP contribution in [-0.2, 0) is 0 Å². The predicted octanol–water partition coefficient (Wildman–Crippen LogP) is 7.91. The second-order valence-corrected chi connectivity index (χ2v) is 8.54. The smallest absolute Gasteiger partial charge is 0.0719 e. The van der Waals surface area contributed by atoms with Crippen LogP contribution in [0, 0.1) is 0 Å². The molecule has 0 radical (unpaired) electrons. The third-order valence-corrected chi connectivity index (χ3v) is 6.53. The SMILES string of the molecule is CC(C)c1ccnc(-c2cccc3c2sc2cc(-c4ccccc4)ccc23)c1. The van der Waals surface area contributed by atoms with Gasteiger partial charge >= 0.3 is 0 Å². The number of nitrogens with zero attached hydrogens (tertiary/aromatic N) is 1. The summed E-state index contributed by atoms with van der Waals surface area (Å²) in [6.45, 7) is 4.45. The highest BCUT2D eigenvalue weighted by Crippen LogP contribution is 2.41. The van der Waals surface area contributed by atoms with Crippen LogP contribution in [0.3, 0.4) is 0 Å². The van der Waals surface area contributed by atoms with Gasteiger partial charge in [0.05, 0.1) is 5.69 Å². The van der Waals surface area contributed by atoms with Crippen molar-refractivity contribution < 1.29 is 0 Å². The van der Waals surface area contributed by atoms with E-state index in [1.807, 2.05) is 17.5 Å². The van der Waals surface area contributed by atoms with Crippen LogP contribution in [0.5, 0.6) is 0 Å². The van der Waals surface area contributed by atoms with Crippen molar-refractivity contribution in [1.29, 1.82) is 0 Å². The molecule has 0 saturated heterocycles. The lowest BCUT2D eigenvalue weighted by Gasteiger charge is -2.08. The van der Waals surface area contributed by atoms with E-state index in [2.05, 4.69) is 97.7 Å². The van der Waals surface area contributed by atoms with Gasteiger partial charge in [0, 0.05) is 31.9 Å². The lowest BCUT2D eigenvalue weighted by atomic mass is 10.00. The molecule has 28 heavy (non-hydrogen) atoms. The number of fused-ring (bicyclic) bond motifs is 3. The van der Waals surface area contributed by atoms with Crippen molar-refractivity contribution in [3.05, 3.63) is 90.6 Å². The maximum Gasteiger partial charge on any atom is 0.0719 e. The summed E-state index contributed by atoms with van der Waals surface area (Å²) in [7, 11) is 0. The van der Waals surface area contributed by atoms with E-state index in [1.54, 1.807) is 0 Å². The van der Waals surface area contributed by atoms with E-state index >= 15 is 0 Å². The fourth-order valence-electron chi connectivity index (χ4n) is 3.76. The summed E-state index contributed by atoms with van der Waals surface area (Å²) in [5.74, 6) is 0.497. The average Bonchev–Trinajstić information content (AvgIpc) is 3.12. The molecule has 2 aromatic heterocycles. The van der Waals surface area contributed by atoms with Crippen LogP contribution < -0.4 is 0 Å². The summed E-state index contributed by atoms with van der Waals surface area (Å²) in [6, 6.07) is 28.3. The van der Waals surface area contributed by atoms with E-state index in [9.17, 15) is 0 Å². The first-order valence-corrected chi connectivity index (χ1v) is 10.5. The van der Waals surface area contributed by atoms with Crippen molar-refractivity contribution in [2.75, 3.05) is 0 Å². The number of hydrogen-bond donors (Lipinski definition) is 0. The van der Waals surface area contributed by atoms with E-state index in [0.717, 1.165) is 5.69 Å². The van der Waals surface area contributed by atoms with E-state index in [-0.39, 0.29) is 0 Å². The van der Waals surface area contributed by atoms with Gasteiger partial charge in [-0.1, -0.05) is 74.5 Å². The summed E-state index contributed by atoms with van der Waals surface area (Å²) in [5, 5.41) is 2.63. The number of hydrogen-bond acceptors (Lipinski definition) is 2. The fraction of sp³-hybridized carbons (Fsp3) is 0.115. The molecule has 1 nitrogen and oxygen atoms in total. The fourth-order valence-corrected chi connectivity index (χ4v) is 5.03. The molecule has 136 valence electrons. The van der Waals surface area contributed by atoms with E-state index in [1.165, 1.54) is 42.4 Å². The zero-order valence-corrected chi connectivity index (χ0v) is 16.8. The van der Waals surface area contributed by atoms with Gasteiger partial charge in [0.1, 0.15) is 0 Å². The van der Waals surface area contributed by atoms with E-state index in [0.29, 0.717) is 5.92 Å². The highest BCUT2D eigenvalue weighted by atomic mass is 32.1. The Balaban J connectivity index is 1.71. The van der Waals surface area contributed by atoms with Crippen LogP contribution in [0.4, 0.5) is 0 Å². The number of rotatable bonds is 3. The molecule has 0 aliphatic heterocycles. The van der Waals surface area contributed by atoms with Gasteiger partial charge in [0.15, 0.2) is 0 Å². The first-order chi connectivity index (χ1) is 13.7. The molecule has 2 heterocycles. The van der Waals surface area contributed by atoms with Gasteiger partial charge in [-0.25, -0.2) is 0 Å². The van der Waals surface area contributed by atoms with Crippen LogP contribution >= 0.6 is 11.3 Å². The molecular weight excluding hydrogens is 358 g/mol. The van der Waals surface area contributed by atoms with Crippen LogP contribution in [0.2, 0.25) is 0 Å². The Bertz CT molecular complexity index is 1280. The minimum absolute atomic E-state index is 0.497. The first kappa shape index (κ1) is 17.2. The van der Waals surface area contributed by atoms with E-state index < -0.39 is 0 Å². The lowest BCUT2D eigenvalue weighted by Crippen LogP contribution is -1.90. The zero-order valence-electron chi connectivity index (χ0n) is 16.0. The highest BCUT2D eigenvalue weighted by molar-refractivity contribution is 7.26. The van der Waals surface area contributed by atoms with Crippen molar-refractivity contribution in [1.82, 2.24) is 4.98 Å². The van der Waals surface area contributed by atoms with Crippen molar-refractivity contribution in [2.24, 2.45) is 0 Å². The minimum atomic E-state index is 0.497. The Morgan fingerprint density at radius 2 is 1.61 bits per heavy atom. The molecule has 0 saturated carbocycles. The van der Waals surface area contributed by atoms with E-state index in [4.69, 9.17) is 0 Å². The molecule has 0 aliphatic rings. The quantitative estimate of drug-likeness (QED) is 0.310. The van der Waals surface area contributed by atoms with Gasteiger partial charge in [0.2, 0.25) is 0 Å². The molecule has 0 amide bonds. The molecule has 0 atom stereocenters. The van der Waals surface area contributed by atoms with Gasteiger partial charge in [-0.15, -0.1) is 11.3 Å². The van der Waals surface area contributed by atoms with Gasteiger partial charge < -0.3 is 0 Å². The molecular formula is C26H21NS. The van der Waals surface area contributed by atoms with Crippen LogP contribution in [0.15, 0.2) is 85.1 Å². The summed E-state index contributed by atoms with van der Waals surface area (Å²) in [6.07, 6.45) is 1.93. The van der Waals surface area contributed by atoms with Gasteiger partial charge in [-0.05, 0) is 40.8 Å². The van der Waals surface area contributed by atoms with Gasteiger partial charge in [-0.3, -0.25) is 4.98 Å². The monoisotopic (exact) mass is 379 g/mol. The summed E-state index contributed by atoms with van der Waals surface area (Å²) < 4.78 is 2.64. The van der Waals surface area contributed by atoms with Crippen molar-refractivity contribution in [2.45, 2.75) is 19.8 Å². The minimum Gasteiger partial charge on any atom is -0.256 e. The van der Waals surface area contributed by atoms with Crippen molar-refractivity contribution >= 4 is 31.5 Å². The molecule has 5 aromatic rings. The van der Waals surface area contributed by atoms with Crippen molar-refractivity contribution in [3.63, 3.8) is 0 Å². The van der Waals surface area contributed by atoms with Crippen molar-refractivity contribution in [3.8, 4) is 22.4 Å². The largest absolute Gasteiger partial charge is 0.256 e. The average molecular weight is 380 g/mol. The Morgan fingerprint density at radius 1 is 0.750 bits per heavy atom. The molecule has 0 fully saturated rings. The topological polar surface area (TPSA) is 12.9 Å². The van der Waals surface area contributed by atoms with Crippen LogP contribution in [0.1, 0.15) is 25.3 Å². The second kappa shape index (κ2) is 6.88. The predicted molar refractivity (Wildman–Crippen MR) is 122 cm³/mol. The molecule has 0 bridgehead atoms. The van der Waals surface area contributed by atoms with Crippen LogP contribution in [0.25, 0.3) is 42.6 Å². The molecule has 0 unspecified atom stereocenters. The number of thiophene rings is 1. The molecule has 5 rings (SSSR count). The lowest BCUT2D eigenvalue weighted by molar-refractivity contribution is 0.864. The Labute approximate surface area is 169 Å². The molecule has 3 aromatic carbocycles.